The summed E-state index contributed by atoms with van der Waals surface area (Å²) in [6.45, 7) is 2.57. The largest absolute Gasteiger partial charge is 0.314 e. The fraction of sp³-hybridized carbons (Fsp3) is 0.474. The molecule has 1 fully saturated rings. The molecule has 0 bridgehead atoms. The van der Waals surface area contributed by atoms with Gasteiger partial charge in [-0.2, -0.15) is 0 Å². The minimum Gasteiger partial charge on any atom is -0.314 e. The van der Waals surface area contributed by atoms with Gasteiger partial charge in [-0.3, -0.25) is 9.69 Å². The van der Waals surface area contributed by atoms with Crippen molar-refractivity contribution in [1.29, 1.82) is 0 Å². The Balaban J connectivity index is 0.00000140. The van der Waals surface area contributed by atoms with Crippen molar-refractivity contribution in [1.82, 2.24) is 15.2 Å². The van der Waals surface area contributed by atoms with E-state index in [1.807, 2.05) is 6.07 Å². The Hall–Kier alpha value is -1.25. The summed E-state index contributed by atoms with van der Waals surface area (Å²) in [5.41, 5.74) is 2.05. The van der Waals surface area contributed by atoms with Crippen LogP contribution in [0.5, 0.6) is 0 Å². The number of benzene rings is 1. The molecule has 2 heterocycles. The number of hydrogen-bond donors (Lipinski definition) is 2. The molecule has 1 saturated heterocycles. The zero-order chi connectivity index (χ0) is 17.9. The quantitative estimate of drug-likeness (QED) is 0.753. The molecule has 1 unspecified atom stereocenters. The standard InChI is InChI=1S/C19H23FN4OS.2ClH/c20-14-5-3-4-13(10-14)16-11-21-8-9-24(16)12-18(25)23-19-22-15-6-1-2-7-17(15)26-19;;/h3-5,10,16,21H,1-2,6-9,11-12H2,(H,22,23,25);2*1H. The summed E-state index contributed by atoms with van der Waals surface area (Å²) < 4.78 is 13.6. The van der Waals surface area contributed by atoms with Crippen molar-refractivity contribution in [3.05, 3.63) is 46.2 Å². The number of carbonyl (C=O) groups is 1. The van der Waals surface area contributed by atoms with E-state index in [9.17, 15) is 9.18 Å². The predicted octanol–water partition coefficient (Wildman–Crippen LogP) is 3.59. The van der Waals surface area contributed by atoms with Crippen LogP contribution in [0.3, 0.4) is 0 Å². The highest BCUT2D eigenvalue weighted by Gasteiger charge is 2.26. The van der Waals surface area contributed by atoms with Crippen LogP contribution < -0.4 is 10.6 Å². The van der Waals surface area contributed by atoms with Gasteiger partial charge in [0, 0.05) is 30.6 Å². The first kappa shape index (κ1) is 23.0. The van der Waals surface area contributed by atoms with Gasteiger partial charge in [0.25, 0.3) is 0 Å². The van der Waals surface area contributed by atoms with Gasteiger partial charge in [0.1, 0.15) is 5.82 Å². The number of fused-ring (bicyclic) bond motifs is 1. The number of nitrogens with one attached hydrogen (secondary N) is 2. The van der Waals surface area contributed by atoms with Crippen LogP contribution >= 0.6 is 36.2 Å². The average molecular weight is 447 g/mol. The lowest BCUT2D eigenvalue weighted by Gasteiger charge is -2.35. The van der Waals surface area contributed by atoms with Gasteiger partial charge in [0.05, 0.1) is 12.2 Å². The van der Waals surface area contributed by atoms with Crippen molar-refractivity contribution in [3.63, 3.8) is 0 Å². The molecule has 1 aliphatic heterocycles. The highest BCUT2D eigenvalue weighted by atomic mass is 35.5. The molecule has 154 valence electrons. The van der Waals surface area contributed by atoms with Crippen LogP contribution in [-0.2, 0) is 17.6 Å². The molecule has 9 heteroatoms. The smallest absolute Gasteiger partial charge is 0.240 e. The first-order valence-electron chi connectivity index (χ1n) is 9.18. The second kappa shape index (κ2) is 10.5. The molecule has 1 aliphatic carbocycles. The van der Waals surface area contributed by atoms with E-state index in [4.69, 9.17) is 0 Å². The van der Waals surface area contributed by atoms with Crippen LogP contribution in [0.25, 0.3) is 0 Å². The number of piperazine rings is 1. The van der Waals surface area contributed by atoms with Gasteiger partial charge in [-0.15, -0.1) is 36.2 Å². The fourth-order valence-corrected chi connectivity index (χ4v) is 4.79. The van der Waals surface area contributed by atoms with Crippen molar-refractivity contribution < 1.29 is 9.18 Å². The number of aryl methyl sites for hydroxylation is 2. The van der Waals surface area contributed by atoms with E-state index >= 15 is 0 Å². The lowest BCUT2D eigenvalue weighted by atomic mass is 10.0. The molecule has 4 rings (SSSR count). The minimum absolute atomic E-state index is 0. The Morgan fingerprint density at radius 2 is 2.14 bits per heavy atom. The van der Waals surface area contributed by atoms with E-state index in [2.05, 4.69) is 20.5 Å². The normalized spacial score (nSPS) is 19.1. The number of amides is 1. The van der Waals surface area contributed by atoms with E-state index in [1.165, 1.54) is 23.8 Å². The molecule has 0 saturated carbocycles. The van der Waals surface area contributed by atoms with E-state index in [-0.39, 0.29) is 49.1 Å². The monoisotopic (exact) mass is 446 g/mol. The highest BCUT2D eigenvalue weighted by Crippen LogP contribution is 2.29. The third kappa shape index (κ3) is 5.42. The van der Waals surface area contributed by atoms with Gasteiger partial charge in [-0.1, -0.05) is 12.1 Å². The number of aromatic nitrogens is 1. The van der Waals surface area contributed by atoms with Crippen LogP contribution in [-0.4, -0.2) is 42.0 Å². The Kier molecular flexibility index (Phi) is 8.64. The second-order valence-electron chi connectivity index (χ2n) is 6.89. The highest BCUT2D eigenvalue weighted by molar-refractivity contribution is 7.15. The first-order chi connectivity index (χ1) is 12.7. The maximum atomic E-state index is 13.6. The van der Waals surface area contributed by atoms with Gasteiger partial charge < -0.3 is 10.6 Å². The van der Waals surface area contributed by atoms with E-state index in [1.54, 1.807) is 23.5 Å². The maximum Gasteiger partial charge on any atom is 0.240 e. The lowest BCUT2D eigenvalue weighted by Crippen LogP contribution is -2.48. The predicted molar refractivity (Wildman–Crippen MR) is 115 cm³/mol. The van der Waals surface area contributed by atoms with Crippen LogP contribution in [0.4, 0.5) is 9.52 Å². The number of carbonyl (C=O) groups excluding carboxylic acids is 1. The van der Waals surface area contributed by atoms with Crippen molar-refractivity contribution in [2.24, 2.45) is 0 Å². The third-order valence-corrected chi connectivity index (χ3v) is 6.10. The Morgan fingerprint density at radius 3 is 2.93 bits per heavy atom. The summed E-state index contributed by atoms with van der Waals surface area (Å²) >= 11 is 1.60. The topological polar surface area (TPSA) is 57.3 Å². The van der Waals surface area contributed by atoms with E-state index in [0.29, 0.717) is 11.7 Å². The van der Waals surface area contributed by atoms with Crippen molar-refractivity contribution in [2.45, 2.75) is 31.7 Å². The van der Waals surface area contributed by atoms with Crippen LogP contribution in [0, 0.1) is 5.82 Å². The minimum atomic E-state index is -0.245. The first-order valence-corrected chi connectivity index (χ1v) is 9.99. The van der Waals surface area contributed by atoms with Crippen LogP contribution in [0.2, 0.25) is 0 Å². The van der Waals surface area contributed by atoms with Gasteiger partial charge in [-0.05, 0) is 43.4 Å². The zero-order valence-corrected chi connectivity index (χ0v) is 17.9. The van der Waals surface area contributed by atoms with Crippen molar-refractivity contribution in [3.8, 4) is 0 Å². The molecule has 1 amide bonds. The summed E-state index contributed by atoms with van der Waals surface area (Å²) in [7, 11) is 0. The summed E-state index contributed by atoms with van der Waals surface area (Å²) in [5, 5.41) is 7.00. The van der Waals surface area contributed by atoms with E-state index < -0.39 is 0 Å². The summed E-state index contributed by atoms with van der Waals surface area (Å²) in [6, 6.07) is 6.63. The second-order valence-corrected chi connectivity index (χ2v) is 7.97. The number of hydrogen-bond acceptors (Lipinski definition) is 5. The molecule has 0 radical (unpaired) electrons. The number of thiazole rings is 1. The molecule has 1 atom stereocenters. The Labute approximate surface area is 180 Å². The Bertz CT molecular complexity index is 780. The molecule has 2 N–H and O–H groups in total. The molecule has 5 nitrogen and oxygen atoms in total. The molecule has 2 aromatic rings. The maximum absolute atomic E-state index is 13.6. The van der Waals surface area contributed by atoms with Gasteiger partial charge in [-0.25, -0.2) is 9.37 Å². The molecule has 1 aromatic carbocycles. The van der Waals surface area contributed by atoms with Gasteiger partial charge in [0.15, 0.2) is 5.13 Å². The van der Waals surface area contributed by atoms with Gasteiger partial charge in [0.2, 0.25) is 5.91 Å². The number of anilines is 1. The fourth-order valence-electron chi connectivity index (χ4n) is 3.73. The average Bonchev–Trinajstić information content (AvgIpc) is 3.04. The third-order valence-electron chi connectivity index (χ3n) is 5.03. The molecular weight excluding hydrogens is 422 g/mol. The number of halogens is 3. The lowest BCUT2D eigenvalue weighted by molar-refractivity contribution is -0.118. The molecule has 0 spiro atoms. The van der Waals surface area contributed by atoms with Crippen molar-refractivity contribution >= 4 is 47.2 Å². The Morgan fingerprint density at radius 1 is 1.32 bits per heavy atom. The van der Waals surface area contributed by atoms with Crippen LogP contribution in [0.1, 0.15) is 35.0 Å². The summed E-state index contributed by atoms with van der Waals surface area (Å²) in [6.07, 6.45) is 4.47. The molecule has 2 aliphatic rings. The molecule has 28 heavy (non-hydrogen) atoms. The van der Waals surface area contributed by atoms with Crippen LogP contribution in [0.15, 0.2) is 24.3 Å². The van der Waals surface area contributed by atoms with E-state index in [0.717, 1.165) is 37.2 Å². The summed E-state index contributed by atoms with van der Waals surface area (Å²) in [4.78, 5) is 20.6. The molecular formula is C19H25Cl2FN4OS. The number of rotatable bonds is 4. The summed E-state index contributed by atoms with van der Waals surface area (Å²) in [5.74, 6) is -0.301. The van der Waals surface area contributed by atoms with Gasteiger partial charge >= 0.3 is 0 Å². The zero-order valence-electron chi connectivity index (χ0n) is 15.4. The number of nitrogens with zero attached hydrogens (tertiary/aromatic N) is 2. The molecule has 1 aromatic heterocycles. The van der Waals surface area contributed by atoms with Crippen molar-refractivity contribution in [2.75, 3.05) is 31.5 Å². The SMILES string of the molecule is Cl.Cl.O=C(CN1CCNCC1c1cccc(F)c1)Nc1nc2c(s1)CCCC2.